The number of nitrogens with zero attached hydrogens (tertiary/aromatic N) is 3. The molecule has 1 fully saturated rings. The molecule has 0 saturated carbocycles. The van der Waals surface area contributed by atoms with Crippen LogP contribution >= 0.6 is 0 Å². The molecule has 0 bridgehead atoms. The summed E-state index contributed by atoms with van der Waals surface area (Å²) in [5.74, 6) is -0.0295. The molecule has 1 saturated heterocycles. The molecule has 0 spiro atoms. The predicted octanol–water partition coefficient (Wildman–Crippen LogP) is -0.320. The average molecular weight is 167 g/mol. The third-order valence-electron chi connectivity index (χ3n) is 2.07. The molecule has 0 aromatic rings. The quantitative estimate of drug-likeness (QED) is 0.501. The minimum absolute atomic E-state index is 0.00368. The lowest BCUT2D eigenvalue weighted by atomic mass is 10.3. The summed E-state index contributed by atoms with van der Waals surface area (Å²) in [4.78, 5) is 18.2. The topological polar surface area (TPSA) is 27.9 Å². The van der Waals surface area contributed by atoms with Crippen molar-refractivity contribution in [3.05, 3.63) is 11.4 Å². The third-order valence-corrected chi connectivity index (χ3v) is 2.07. The maximum absolute atomic E-state index is 11.2. The van der Waals surface area contributed by atoms with E-state index < -0.39 is 0 Å². The lowest BCUT2D eigenvalue weighted by Crippen LogP contribution is -2.47. The smallest absolute Gasteiger partial charge is 0.302 e. The molecular weight excluding hydrogens is 154 g/mol. The summed E-state index contributed by atoms with van der Waals surface area (Å²) in [6, 6.07) is 0. The first kappa shape index (κ1) is 9.01. The molecule has 0 radical (unpaired) electrons. The fourth-order valence-electron chi connectivity index (χ4n) is 1.22. The highest BCUT2D eigenvalue weighted by Crippen LogP contribution is 1.99. The van der Waals surface area contributed by atoms with Gasteiger partial charge in [-0.2, -0.15) is 0 Å². The van der Waals surface area contributed by atoms with Crippen LogP contribution in [0.5, 0.6) is 0 Å². The van der Waals surface area contributed by atoms with Gasteiger partial charge in [-0.3, -0.25) is 4.79 Å². The van der Waals surface area contributed by atoms with Crippen molar-refractivity contribution in [2.24, 2.45) is 0 Å². The van der Waals surface area contributed by atoms with E-state index in [9.17, 15) is 4.79 Å². The Balaban J connectivity index is 2.35. The van der Waals surface area contributed by atoms with E-state index in [-0.39, 0.29) is 12.5 Å². The second-order valence-corrected chi connectivity index (χ2v) is 3.00. The summed E-state index contributed by atoms with van der Waals surface area (Å²) in [5.41, 5.74) is 0. The molecule has 0 atom stereocenters. The minimum atomic E-state index is -0.0295. The van der Waals surface area contributed by atoms with E-state index in [2.05, 4.69) is 9.74 Å². The van der Waals surface area contributed by atoms with E-state index in [0.717, 1.165) is 26.2 Å². The van der Waals surface area contributed by atoms with Gasteiger partial charge in [0.1, 0.15) is 0 Å². The Morgan fingerprint density at radius 2 is 2.00 bits per heavy atom. The molecule has 12 heavy (non-hydrogen) atoms. The lowest BCUT2D eigenvalue weighted by molar-refractivity contribution is -0.130. The van der Waals surface area contributed by atoms with Gasteiger partial charge in [-0.1, -0.05) is 0 Å². The largest absolute Gasteiger partial charge is 0.334 e. The van der Waals surface area contributed by atoms with E-state index in [1.807, 2.05) is 7.05 Å². The molecule has 0 aromatic carbocycles. The Labute approximate surface area is 72.6 Å². The average Bonchev–Trinajstić information content (AvgIpc) is 2.06. The molecule has 4 nitrogen and oxygen atoms in total. The summed E-state index contributed by atoms with van der Waals surface area (Å²) in [6.07, 6.45) is 0. The van der Waals surface area contributed by atoms with Crippen molar-refractivity contribution in [2.75, 3.05) is 39.8 Å². The number of piperazine rings is 1. The van der Waals surface area contributed by atoms with Gasteiger partial charge in [-0.15, -0.1) is 0 Å². The summed E-state index contributed by atoms with van der Waals surface area (Å²) < 4.78 is 0. The molecule has 1 heterocycles. The zero-order chi connectivity index (χ0) is 8.97. The minimum Gasteiger partial charge on any atom is -0.334 e. The Bertz CT molecular complexity index is 201. The van der Waals surface area contributed by atoms with E-state index in [0.29, 0.717) is 0 Å². The van der Waals surface area contributed by atoms with Crippen molar-refractivity contribution in [2.45, 2.75) is 0 Å². The van der Waals surface area contributed by atoms with Crippen LogP contribution < -0.4 is 0 Å². The molecule has 66 valence electrons. The van der Waals surface area contributed by atoms with Crippen LogP contribution in [0, 0.1) is 6.57 Å². The van der Waals surface area contributed by atoms with Gasteiger partial charge in [-0.05, 0) is 7.05 Å². The van der Waals surface area contributed by atoms with Crippen molar-refractivity contribution < 1.29 is 4.79 Å². The molecule has 1 rings (SSSR count). The summed E-state index contributed by atoms with van der Waals surface area (Å²) in [7, 11) is 2.04. The third kappa shape index (κ3) is 2.21. The van der Waals surface area contributed by atoms with Gasteiger partial charge in [0.15, 0.2) is 0 Å². The first-order chi connectivity index (χ1) is 5.74. The molecule has 4 heteroatoms. The molecular formula is C8H13N3O. The highest BCUT2D eigenvalue weighted by Gasteiger charge is 2.19. The molecule has 1 aliphatic rings. The number of likely N-dealkylation sites (N-methyl/N-ethyl adjacent to an activating group) is 1. The van der Waals surface area contributed by atoms with Crippen LogP contribution in [0.15, 0.2) is 0 Å². The zero-order valence-electron chi connectivity index (χ0n) is 7.29. The summed E-state index contributed by atoms with van der Waals surface area (Å²) >= 11 is 0. The van der Waals surface area contributed by atoms with Gasteiger partial charge in [0.25, 0.3) is 6.54 Å². The molecule has 0 aliphatic carbocycles. The van der Waals surface area contributed by atoms with E-state index >= 15 is 0 Å². The Hall–Kier alpha value is -1.08. The van der Waals surface area contributed by atoms with Gasteiger partial charge in [-0.25, -0.2) is 6.57 Å². The number of carbonyl (C=O) groups is 1. The first-order valence-corrected chi connectivity index (χ1v) is 4.03. The van der Waals surface area contributed by atoms with Gasteiger partial charge >= 0.3 is 5.91 Å². The van der Waals surface area contributed by atoms with E-state index in [1.165, 1.54) is 0 Å². The number of rotatable bonds is 1. The highest BCUT2D eigenvalue weighted by atomic mass is 16.2. The fourth-order valence-corrected chi connectivity index (χ4v) is 1.22. The van der Waals surface area contributed by atoms with E-state index in [4.69, 9.17) is 6.57 Å². The highest BCUT2D eigenvalue weighted by molar-refractivity contribution is 5.79. The zero-order valence-corrected chi connectivity index (χ0v) is 7.29. The molecule has 1 aliphatic heterocycles. The SMILES string of the molecule is [C-]#[N+]CC(=O)N1CCN(C)CC1. The monoisotopic (exact) mass is 167 g/mol. The van der Waals surface area contributed by atoms with Gasteiger partial charge in [0, 0.05) is 26.2 Å². The predicted molar refractivity (Wildman–Crippen MR) is 45.5 cm³/mol. The number of carbonyl (C=O) groups excluding carboxylic acids is 1. The van der Waals surface area contributed by atoms with Crippen molar-refractivity contribution in [3.8, 4) is 0 Å². The number of hydrogen-bond acceptors (Lipinski definition) is 2. The number of amides is 1. The maximum atomic E-state index is 11.2. The second-order valence-electron chi connectivity index (χ2n) is 3.00. The standard InChI is InChI=1S/C8H13N3O/c1-9-7-8(12)11-5-3-10(2)4-6-11/h3-7H2,2H3. The molecule has 0 N–H and O–H groups in total. The van der Waals surface area contributed by atoms with Crippen LogP contribution in [0.25, 0.3) is 4.85 Å². The van der Waals surface area contributed by atoms with Crippen LogP contribution in [-0.2, 0) is 4.79 Å². The lowest BCUT2D eigenvalue weighted by Gasteiger charge is -2.31. The molecule has 0 unspecified atom stereocenters. The number of hydrogen-bond donors (Lipinski definition) is 0. The van der Waals surface area contributed by atoms with Crippen molar-refractivity contribution in [1.82, 2.24) is 9.80 Å². The Morgan fingerprint density at radius 1 is 1.42 bits per heavy atom. The second kappa shape index (κ2) is 4.07. The summed E-state index contributed by atoms with van der Waals surface area (Å²) in [6.45, 7) is 9.94. The Morgan fingerprint density at radius 3 is 2.50 bits per heavy atom. The van der Waals surface area contributed by atoms with Crippen molar-refractivity contribution in [1.29, 1.82) is 0 Å². The van der Waals surface area contributed by atoms with Crippen LogP contribution in [-0.4, -0.2) is 55.5 Å². The van der Waals surface area contributed by atoms with Gasteiger partial charge in [0.2, 0.25) is 0 Å². The van der Waals surface area contributed by atoms with E-state index in [1.54, 1.807) is 4.90 Å². The van der Waals surface area contributed by atoms with Gasteiger partial charge in [0.05, 0.1) is 0 Å². The molecule has 0 aromatic heterocycles. The van der Waals surface area contributed by atoms with Crippen molar-refractivity contribution in [3.63, 3.8) is 0 Å². The van der Waals surface area contributed by atoms with Crippen molar-refractivity contribution >= 4 is 5.91 Å². The van der Waals surface area contributed by atoms with Crippen LogP contribution in [0.3, 0.4) is 0 Å². The van der Waals surface area contributed by atoms with Gasteiger partial charge < -0.3 is 14.6 Å². The normalized spacial score (nSPS) is 18.8. The fraction of sp³-hybridized carbons (Fsp3) is 0.750. The van der Waals surface area contributed by atoms with Crippen LogP contribution in [0.2, 0.25) is 0 Å². The maximum Gasteiger partial charge on any atom is 0.302 e. The molecule has 1 amide bonds. The summed E-state index contributed by atoms with van der Waals surface area (Å²) in [5, 5.41) is 0. The van der Waals surface area contributed by atoms with Crippen LogP contribution in [0.1, 0.15) is 0 Å². The Kier molecular flexibility index (Phi) is 3.06. The first-order valence-electron chi connectivity index (χ1n) is 4.03. The van der Waals surface area contributed by atoms with Crippen LogP contribution in [0.4, 0.5) is 0 Å².